The van der Waals surface area contributed by atoms with Crippen molar-refractivity contribution in [2.45, 2.75) is 39.3 Å². The number of carbonyl (C=O) groups excluding carboxylic acids is 1. The van der Waals surface area contributed by atoms with Crippen LogP contribution < -0.4 is 10.6 Å². The lowest BCUT2D eigenvalue weighted by Gasteiger charge is -2.22. The Hall–Kier alpha value is -1.70. The molecule has 0 saturated carbocycles. The molecule has 1 fully saturated rings. The predicted molar refractivity (Wildman–Crippen MR) is 77.9 cm³/mol. The van der Waals surface area contributed by atoms with Gasteiger partial charge in [-0.3, -0.25) is 10.00 Å². The van der Waals surface area contributed by atoms with Crippen molar-refractivity contribution in [1.82, 2.24) is 15.1 Å². The number of alkyl halides is 2. The van der Waals surface area contributed by atoms with Gasteiger partial charge in [-0.1, -0.05) is 13.8 Å². The summed E-state index contributed by atoms with van der Waals surface area (Å²) in [6.45, 7) is 4.94. The van der Waals surface area contributed by atoms with Gasteiger partial charge in [0.05, 0.1) is 6.10 Å². The third-order valence-electron chi connectivity index (χ3n) is 3.65. The van der Waals surface area contributed by atoms with Crippen LogP contribution in [0.15, 0.2) is 12.3 Å². The van der Waals surface area contributed by atoms with E-state index in [4.69, 9.17) is 4.74 Å². The number of carbonyl (C=O) groups is 1. The standard InChI is InChI=1S/C14H22F2N4O2/c1-9(2)13-10(4-6-22-13)7-17-14(21)18-12-3-5-20(19-12)8-11(15)16/h3,5,9-11,13H,4,6-8H2,1-2H3,(H2,17,18,19,21)/t10-,13+/m1/s1. The molecule has 0 spiro atoms. The Morgan fingerprint density at radius 1 is 1.55 bits per heavy atom. The Bertz CT molecular complexity index is 493. The molecule has 124 valence electrons. The lowest BCUT2D eigenvalue weighted by molar-refractivity contribution is 0.0546. The summed E-state index contributed by atoms with van der Waals surface area (Å²) in [7, 11) is 0. The van der Waals surface area contributed by atoms with Crippen LogP contribution in [0, 0.1) is 11.8 Å². The number of amides is 2. The van der Waals surface area contributed by atoms with Crippen LogP contribution in [0.2, 0.25) is 0 Å². The zero-order valence-electron chi connectivity index (χ0n) is 12.8. The summed E-state index contributed by atoms with van der Waals surface area (Å²) in [6.07, 6.45) is 0.00974. The van der Waals surface area contributed by atoms with Gasteiger partial charge in [0.15, 0.2) is 5.82 Å². The van der Waals surface area contributed by atoms with E-state index in [1.807, 2.05) is 0 Å². The van der Waals surface area contributed by atoms with Crippen LogP contribution in [-0.4, -0.2) is 41.5 Å². The second-order valence-electron chi connectivity index (χ2n) is 5.78. The van der Waals surface area contributed by atoms with Crippen molar-refractivity contribution >= 4 is 11.8 Å². The van der Waals surface area contributed by atoms with Crippen molar-refractivity contribution in [3.63, 3.8) is 0 Å². The summed E-state index contributed by atoms with van der Waals surface area (Å²) in [5.74, 6) is 0.950. The Labute approximate surface area is 128 Å². The second kappa shape index (κ2) is 7.53. The summed E-state index contributed by atoms with van der Waals surface area (Å²) in [4.78, 5) is 11.8. The van der Waals surface area contributed by atoms with Crippen LogP contribution in [0.1, 0.15) is 20.3 Å². The first-order valence-corrected chi connectivity index (χ1v) is 7.43. The third kappa shape index (κ3) is 4.66. The molecule has 2 rings (SSSR count). The number of aromatic nitrogens is 2. The van der Waals surface area contributed by atoms with E-state index in [-0.39, 0.29) is 11.9 Å². The molecule has 0 unspecified atom stereocenters. The first kappa shape index (κ1) is 16.7. The molecule has 0 radical (unpaired) electrons. The third-order valence-corrected chi connectivity index (χ3v) is 3.65. The molecule has 1 saturated heterocycles. The van der Waals surface area contributed by atoms with E-state index >= 15 is 0 Å². The number of urea groups is 1. The Morgan fingerprint density at radius 3 is 3.00 bits per heavy atom. The van der Waals surface area contributed by atoms with E-state index in [9.17, 15) is 13.6 Å². The van der Waals surface area contributed by atoms with Gasteiger partial charge in [-0.15, -0.1) is 0 Å². The quantitative estimate of drug-likeness (QED) is 0.846. The largest absolute Gasteiger partial charge is 0.378 e. The maximum absolute atomic E-state index is 12.2. The maximum atomic E-state index is 12.2. The maximum Gasteiger partial charge on any atom is 0.320 e. The van der Waals surface area contributed by atoms with Crippen molar-refractivity contribution in [1.29, 1.82) is 0 Å². The minimum atomic E-state index is -2.48. The molecule has 2 amide bonds. The van der Waals surface area contributed by atoms with Crippen LogP contribution in [0.4, 0.5) is 19.4 Å². The van der Waals surface area contributed by atoms with Gasteiger partial charge in [0, 0.05) is 31.3 Å². The number of hydrogen-bond acceptors (Lipinski definition) is 3. The molecule has 0 aromatic carbocycles. The van der Waals surface area contributed by atoms with Crippen molar-refractivity contribution < 1.29 is 18.3 Å². The fourth-order valence-electron chi connectivity index (χ4n) is 2.67. The smallest absolute Gasteiger partial charge is 0.320 e. The first-order chi connectivity index (χ1) is 10.5. The van der Waals surface area contributed by atoms with Gasteiger partial charge in [0.25, 0.3) is 6.43 Å². The molecule has 2 atom stereocenters. The molecular weight excluding hydrogens is 294 g/mol. The molecule has 1 aromatic heterocycles. The van der Waals surface area contributed by atoms with Crippen LogP contribution in [0.25, 0.3) is 0 Å². The van der Waals surface area contributed by atoms with Gasteiger partial charge in [-0.2, -0.15) is 5.10 Å². The van der Waals surface area contributed by atoms with Gasteiger partial charge >= 0.3 is 6.03 Å². The van der Waals surface area contributed by atoms with E-state index in [1.165, 1.54) is 12.3 Å². The van der Waals surface area contributed by atoms with E-state index in [2.05, 4.69) is 29.6 Å². The minimum Gasteiger partial charge on any atom is -0.378 e. The Balaban J connectivity index is 1.77. The first-order valence-electron chi connectivity index (χ1n) is 7.43. The van der Waals surface area contributed by atoms with Gasteiger partial charge in [0.2, 0.25) is 0 Å². The molecule has 1 aliphatic rings. The zero-order chi connectivity index (χ0) is 16.1. The molecule has 2 N–H and O–H groups in total. The van der Waals surface area contributed by atoms with E-state index < -0.39 is 19.0 Å². The van der Waals surface area contributed by atoms with Crippen LogP contribution in [-0.2, 0) is 11.3 Å². The molecule has 0 aliphatic carbocycles. The van der Waals surface area contributed by atoms with Gasteiger partial charge in [-0.25, -0.2) is 13.6 Å². The Morgan fingerprint density at radius 2 is 2.32 bits per heavy atom. The highest BCUT2D eigenvalue weighted by molar-refractivity contribution is 5.88. The number of ether oxygens (including phenoxy) is 1. The second-order valence-corrected chi connectivity index (χ2v) is 5.78. The zero-order valence-corrected chi connectivity index (χ0v) is 12.8. The monoisotopic (exact) mass is 316 g/mol. The number of nitrogens with zero attached hydrogens (tertiary/aromatic N) is 2. The van der Waals surface area contributed by atoms with Crippen molar-refractivity contribution in [3.05, 3.63) is 12.3 Å². The minimum absolute atomic E-state index is 0.158. The summed E-state index contributed by atoms with van der Waals surface area (Å²) in [5, 5.41) is 9.17. The van der Waals surface area contributed by atoms with E-state index in [1.54, 1.807) is 0 Å². The highest BCUT2D eigenvalue weighted by atomic mass is 19.3. The molecule has 22 heavy (non-hydrogen) atoms. The SMILES string of the molecule is CC(C)[C@@H]1OCC[C@@H]1CNC(=O)Nc1ccn(CC(F)F)n1. The van der Waals surface area contributed by atoms with Gasteiger partial charge < -0.3 is 10.1 Å². The Kier molecular flexibility index (Phi) is 5.70. The molecule has 1 aromatic rings. The van der Waals surface area contributed by atoms with Crippen molar-refractivity contribution in [3.8, 4) is 0 Å². The number of halogens is 2. The molecule has 6 nitrogen and oxygen atoms in total. The van der Waals surface area contributed by atoms with Crippen LogP contribution in [0.5, 0.6) is 0 Å². The summed E-state index contributed by atoms with van der Waals surface area (Å²) in [5.41, 5.74) is 0. The van der Waals surface area contributed by atoms with Gasteiger partial charge in [-0.05, 0) is 12.3 Å². The average Bonchev–Trinajstić information content (AvgIpc) is 3.05. The lowest BCUT2D eigenvalue weighted by atomic mass is 9.93. The molecule has 1 aliphatic heterocycles. The number of nitrogens with one attached hydrogen (secondary N) is 2. The normalized spacial score (nSPS) is 21.5. The van der Waals surface area contributed by atoms with Crippen LogP contribution in [0.3, 0.4) is 0 Å². The summed E-state index contributed by atoms with van der Waals surface area (Å²) >= 11 is 0. The highest BCUT2D eigenvalue weighted by Crippen LogP contribution is 2.26. The highest BCUT2D eigenvalue weighted by Gasteiger charge is 2.30. The molecular formula is C14H22F2N4O2. The topological polar surface area (TPSA) is 68.2 Å². The van der Waals surface area contributed by atoms with Crippen LogP contribution >= 0.6 is 0 Å². The summed E-state index contributed by atoms with van der Waals surface area (Å²) in [6, 6.07) is 1.09. The summed E-state index contributed by atoms with van der Waals surface area (Å²) < 4.78 is 31.2. The fourth-order valence-corrected chi connectivity index (χ4v) is 2.67. The molecule has 8 heteroatoms. The van der Waals surface area contributed by atoms with Gasteiger partial charge in [0.1, 0.15) is 6.54 Å². The number of rotatable bonds is 6. The number of anilines is 1. The van der Waals surface area contributed by atoms with E-state index in [0.717, 1.165) is 17.7 Å². The van der Waals surface area contributed by atoms with Crippen molar-refractivity contribution in [2.75, 3.05) is 18.5 Å². The predicted octanol–water partition coefficient (Wildman–Crippen LogP) is 2.33. The molecule has 2 heterocycles. The molecule has 0 bridgehead atoms. The lowest BCUT2D eigenvalue weighted by Crippen LogP contribution is -2.37. The fraction of sp³-hybridized carbons (Fsp3) is 0.714. The van der Waals surface area contributed by atoms with Crippen molar-refractivity contribution in [2.24, 2.45) is 11.8 Å². The number of hydrogen-bond donors (Lipinski definition) is 2. The van der Waals surface area contributed by atoms with E-state index in [0.29, 0.717) is 18.4 Å². The average molecular weight is 316 g/mol.